The van der Waals surface area contributed by atoms with E-state index in [2.05, 4.69) is 9.88 Å². The molecule has 1 saturated heterocycles. The van der Waals surface area contributed by atoms with E-state index in [-0.39, 0.29) is 0 Å². The summed E-state index contributed by atoms with van der Waals surface area (Å²) in [7, 11) is 1.74. The number of aromatic nitrogens is 1. The third-order valence-electron chi connectivity index (χ3n) is 2.12. The number of rotatable bonds is 3. The summed E-state index contributed by atoms with van der Waals surface area (Å²) in [5.74, 6) is 0.555. The minimum absolute atomic E-state index is 0.378. The van der Waals surface area contributed by atoms with Gasteiger partial charge in [0, 0.05) is 31.3 Å². The molecule has 2 heterocycles. The molecule has 5 heteroatoms. The molecule has 0 spiro atoms. The molecule has 0 amide bonds. The maximum Gasteiger partial charge on any atom is 0.185 e. The first-order valence-electron chi connectivity index (χ1n) is 4.12. The number of hydrogen-bond acceptors (Lipinski definition) is 4. The van der Waals surface area contributed by atoms with Crippen molar-refractivity contribution in [1.82, 2.24) is 4.98 Å². The molecule has 13 heavy (non-hydrogen) atoms. The summed E-state index contributed by atoms with van der Waals surface area (Å²) < 4.78 is 5.18. The predicted octanol–water partition coefficient (Wildman–Crippen LogP) is 1.72. The second kappa shape index (κ2) is 3.82. The van der Waals surface area contributed by atoms with Crippen molar-refractivity contribution in [3.63, 3.8) is 0 Å². The van der Waals surface area contributed by atoms with Gasteiger partial charge in [-0.2, -0.15) is 0 Å². The van der Waals surface area contributed by atoms with Crippen LogP contribution in [0.2, 0.25) is 0 Å². The molecule has 1 aromatic heterocycles. The number of thiazole rings is 1. The molecular weight excluding hydrogens is 208 g/mol. The fourth-order valence-corrected chi connectivity index (χ4v) is 2.26. The second-order valence-electron chi connectivity index (χ2n) is 3.01. The Morgan fingerprint density at radius 2 is 2.54 bits per heavy atom. The summed E-state index contributed by atoms with van der Waals surface area (Å²) in [6.07, 6.45) is 2.22. The van der Waals surface area contributed by atoms with E-state index < -0.39 is 0 Å². The Morgan fingerprint density at radius 3 is 3.08 bits per heavy atom. The predicted molar refractivity (Wildman–Crippen MR) is 54.7 cm³/mol. The topological polar surface area (TPSA) is 25.4 Å². The minimum Gasteiger partial charge on any atom is -0.378 e. The zero-order valence-electron chi connectivity index (χ0n) is 7.36. The van der Waals surface area contributed by atoms with Crippen LogP contribution in [-0.2, 0) is 10.6 Å². The van der Waals surface area contributed by atoms with Crippen molar-refractivity contribution in [3.8, 4) is 0 Å². The monoisotopic (exact) mass is 218 g/mol. The number of nitrogens with zero attached hydrogens (tertiary/aromatic N) is 2. The van der Waals surface area contributed by atoms with E-state index in [4.69, 9.17) is 16.3 Å². The number of alkyl halides is 1. The molecule has 0 unspecified atom stereocenters. The van der Waals surface area contributed by atoms with Crippen LogP contribution in [0.5, 0.6) is 0 Å². The van der Waals surface area contributed by atoms with Crippen molar-refractivity contribution in [3.05, 3.63) is 11.1 Å². The molecule has 72 valence electrons. The van der Waals surface area contributed by atoms with Crippen LogP contribution >= 0.6 is 22.9 Å². The second-order valence-corrected chi connectivity index (χ2v) is 4.37. The van der Waals surface area contributed by atoms with Gasteiger partial charge in [0.25, 0.3) is 0 Å². The molecule has 2 rings (SSSR count). The van der Waals surface area contributed by atoms with Gasteiger partial charge in [0.05, 0.1) is 12.0 Å². The van der Waals surface area contributed by atoms with E-state index in [1.54, 1.807) is 18.4 Å². The molecule has 0 radical (unpaired) electrons. The summed E-state index contributed by atoms with van der Waals surface area (Å²) in [5.41, 5.74) is 0. The van der Waals surface area contributed by atoms with Gasteiger partial charge in [-0.3, -0.25) is 0 Å². The highest BCUT2D eigenvalue weighted by Gasteiger charge is 2.28. The third kappa shape index (κ3) is 1.80. The Balaban J connectivity index is 1.95. The largest absolute Gasteiger partial charge is 0.378 e. The molecule has 0 saturated carbocycles. The van der Waals surface area contributed by atoms with Gasteiger partial charge in [-0.05, 0) is 0 Å². The number of hydrogen-bond donors (Lipinski definition) is 0. The Morgan fingerprint density at radius 1 is 1.77 bits per heavy atom. The zero-order valence-corrected chi connectivity index (χ0v) is 8.94. The highest BCUT2D eigenvalue weighted by molar-refractivity contribution is 7.15. The van der Waals surface area contributed by atoms with Gasteiger partial charge in [0.2, 0.25) is 0 Å². The maximum atomic E-state index is 5.69. The molecule has 0 aromatic carbocycles. The Kier molecular flexibility index (Phi) is 2.71. The van der Waals surface area contributed by atoms with Crippen LogP contribution in [0.15, 0.2) is 6.20 Å². The molecule has 1 fully saturated rings. The van der Waals surface area contributed by atoms with Gasteiger partial charge in [-0.25, -0.2) is 4.98 Å². The summed E-state index contributed by atoms with van der Waals surface area (Å²) in [6, 6.07) is 0. The first-order chi connectivity index (χ1) is 6.33. The molecule has 0 aliphatic carbocycles. The van der Waals surface area contributed by atoms with Crippen molar-refractivity contribution in [2.45, 2.75) is 12.0 Å². The van der Waals surface area contributed by atoms with Crippen LogP contribution in [0.3, 0.4) is 0 Å². The van der Waals surface area contributed by atoms with Crippen LogP contribution in [-0.4, -0.2) is 31.3 Å². The van der Waals surface area contributed by atoms with Gasteiger partial charge in [-0.1, -0.05) is 0 Å². The average Bonchev–Trinajstić information content (AvgIpc) is 2.51. The van der Waals surface area contributed by atoms with Gasteiger partial charge in [0.15, 0.2) is 5.13 Å². The van der Waals surface area contributed by atoms with Gasteiger partial charge >= 0.3 is 0 Å². The highest BCUT2D eigenvalue weighted by atomic mass is 35.5. The van der Waals surface area contributed by atoms with Crippen molar-refractivity contribution in [1.29, 1.82) is 0 Å². The van der Waals surface area contributed by atoms with E-state index in [1.807, 2.05) is 6.20 Å². The first kappa shape index (κ1) is 9.24. The van der Waals surface area contributed by atoms with Crippen LogP contribution in [0.1, 0.15) is 4.88 Å². The lowest BCUT2D eigenvalue weighted by molar-refractivity contribution is 0.0787. The van der Waals surface area contributed by atoms with E-state index in [0.29, 0.717) is 12.0 Å². The normalized spacial score (nSPS) is 17.5. The zero-order chi connectivity index (χ0) is 9.26. The minimum atomic E-state index is 0.378. The fourth-order valence-electron chi connectivity index (χ4n) is 1.25. The van der Waals surface area contributed by atoms with Crippen molar-refractivity contribution in [2.75, 3.05) is 25.1 Å². The summed E-state index contributed by atoms with van der Waals surface area (Å²) in [6.45, 7) is 1.90. The van der Waals surface area contributed by atoms with E-state index in [0.717, 1.165) is 23.1 Å². The van der Waals surface area contributed by atoms with Gasteiger partial charge < -0.3 is 9.64 Å². The van der Waals surface area contributed by atoms with E-state index in [9.17, 15) is 0 Å². The lowest BCUT2D eigenvalue weighted by Crippen LogP contribution is -2.51. The van der Waals surface area contributed by atoms with Crippen LogP contribution in [0, 0.1) is 0 Å². The number of halogens is 1. The first-order valence-corrected chi connectivity index (χ1v) is 5.47. The summed E-state index contributed by atoms with van der Waals surface area (Å²) in [4.78, 5) is 7.61. The molecule has 1 aliphatic heterocycles. The van der Waals surface area contributed by atoms with Crippen molar-refractivity contribution >= 4 is 28.1 Å². The molecule has 0 bridgehead atoms. The van der Waals surface area contributed by atoms with Crippen LogP contribution in [0.25, 0.3) is 0 Å². The highest BCUT2D eigenvalue weighted by Crippen LogP contribution is 2.27. The maximum absolute atomic E-state index is 5.69. The van der Waals surface area contributed by atoms with Crippen LogP contribution < -0.4 is 4.90 Å². The quantitative estimate of drug-likeness (QED) is 0.723. The molecular formula is C8H11ClN2OS. The van der Waals surface area contributed by atoms with Crippen molar-refractivity contribution in [2.24, 2.45) is 0 Å². The number of methoxy groups -OCH3 is 1. The molecule has 0 N–H and O–H groups in total. The van der Waals surface area contributed by atoms with Crippen molar-refractivity contribution < 1.29 is 4.74 Å². The fraction of sp³-hybridized carbons (Fsp3) is 0.625. The van der Waals surface area contributed by atoms with Gasteiger partial charge in [-0.15, -0.1) is 22.9 Å². The molecule has 3 nitrogen and oxygen atoms in total. The Bertz CT molecular complexity index is 285. The summed E-state index contributed by atoms with van der Waals surface area (Å²) in [5, 5.41) is 1.06. The average molecular weight is 219 g/mol. The molecule has 1 aliphatic rings. The lowest BCUT2D eigenvalue weighted by atomic mass is 10.2. The van der Waals surface area contributed by atoms with E-state index in [1.165, 1.54) is 0 Å². The van der Waals surface area contributed by atoms with Crippen LogP contribution in [0.4, 0.5) is 5.13 Å². The van der Waals surface area contributed by atoms with Gasteiger partial charge in [0.1, 0.15) is 0 Å². The standard InChI is InChI=1S/C8H11ClN2OS/c1-12-6-4-11(5-6)8-10-3-7(2-9)13-8/h3,6H,2,4-5H2,1H3. The molecule has 1 aromatic rings. The third-order valence-corrected chi connectivity index (χ3v) is 3.63. The number of anilines is 1. The summed E-state index contributed by atoms with van der Waals surface area (Å²) >= 11 is 7.35. The SMILES string of the molecule is COC1CN(c2ncc(CCl)s2)C1. The Labute approximate surface area is 86.3 Å². The lowest BCUT2D eigenvalue weighted by Gasteiger charge is -2.37. The van der Waals surface area contributed by atoms with E-state index >= 15 is 0 Å². The molecule has 0 atom stereocenters. The number of ether oxygens (including phenoxy) is 1. The smallest absolute Gasteiger partial charge is 0.185 e. The Hall–Kier alpha value is -0.320.